The van der Waals surface area contributed by atoms with Crippen molar-refractivity contribution in [1.82, 2.24) is 9.97 Å². The molecule has 0 aliphatic heterocycles. The fraction of sp³-hybridized carbons (Fsp3) is 0.231. The van der Waals surface area contributed by atoms with Crippen LogP contribution in [0.4, 0.5) is 21.7 Å². The summed E-state index contributed by atoms with van der Waals surface area (Å²) in [5, 5.41) is 5.92. The van der Waals surface area contributed by atoms with Crippen LogP contribution in [0, 0.1) is 5.82 Å². The molecule has 1 aromatic heterocycles. The number of halogens is 1. The molecule has 0 unspecified atom stereocenters. The first-order chi connectivity index (χ1) is 9.22. The van der Waals surface area contributed by atoms with Gasteiger partial charge in [-0.15, -0.1) is 0 Å². The topological polar surface area (TPSA) is 59.1 Å². The first-order valence-corrected chi connectivity index (χ1v) is 5.89. The third kappa shape index (κ3) is 3.31. The second kappa shape index (κ2) is 5.99. The number of ether oxygens (including phenoxy) is 1. The van der Waals surface area contributed by atoms with Gasteiger partial charge in [0.05, 0.1) is 25.2 Å². The SMILES string of the molecule is CCNc1cncc(Nc2cc(OC)ccc2F)n1. The molecule has 2 rings (SSSR count). The Kier molecular flexibility index (Phi) is 4.12. The Labute approximate surface area is 110 Å². The van der Waals surface area contributed by atoms with E-state index in [1.54, 1.807) is 18.3 Å². The minimum atomic E-state index is -0.378. The third-order valence-electron chi connectivity index (χ3n) is 2.43. The molecule has 0 aliphatic carbocycles. The third-order valence-corrected chi connectivity index (χ3v) is 2.43. The lowest BCUT2D eigenvalue weighted by Crippen LogP contribution is -2.03. The van der Waals surface area contributed by atoms with Crippen molar-refractivity contribution in [1.29, 1.82) is 0 Å². The van der Waals surface area contributed by atoms with Crippen molar-refractivity contribution >= 4 is 17.3 Å². The number of nitrogens with one attached hydrogen (secondary N) is 2. The maximum atomic E-state index is 13.7. The van der Waals surface area contributed by atoms with Gasteiger partial charge in [-0.25, -0.2) is 9.37 Å². The molecule has 19 heavy (non-hydrogen) atoms. The van der Waals surface area contributed by atoms with Crippen LogP contribution >= 0.6 is 0 Å². The van der Waals surface area contributed by atoms with Crippen molar-refractivity contribution < 1.29 is 9.13 Å². The molecule has 100 valence electrons. The summed E-state index contributed by atoms with van der Waals surface area (Å²) < 4.78 is 18.7. The molecule has 0 radical (unpaired) electrons. The lowest BCUT2D eigenvalue weighted by atomic mass is 10.3. The second-order valence-corrected chi connectivity index (χ2v) is 3.79. The number of rotatable bonds is 5. The first-order valence-electron chi connectivity index (χ1n) is 5.89. The van der Waals surface area contributed by atoms with E-state index in [1.807, 2.05) is 6.92 Å². The Morgan fingerprint density at radius 3 is 2.79 bits per heavy atom. The summed E-state index contributed by atoms with van der Waals surface area (Å²) in [5.41, 5.74) is 0.294. The van der Waals surface area contributed by atoms with Crippen molar-refractivity contribution in [2.75, 3.05) is 24.3 Å². The Morgan fingerprint density at radius 1 is 1.26 bits per heavy atom. The molecule has 1 aromatic carbocycles. The summed E-state index contributed by atoms with van der Waals surface area (Å²) in [6.45, 7) is 2.70. The van der Waals surface area contributed by atoms with Crippen LogP contribution in [0.15, 0.2) is 30.6 Å². The second-order valence-electron chi connectivity index (χ2n) is 3.79. The van der Waals surface area contributed by atoms with E-state index in [-0.39, 0.29) is 5.82 Å². The maximum Gasteiger partial charge on any atom is 0.151 e. The molecule has 0 aliphatic rings. The van der Waals surface area contributed by atoms with Gasteiger partial charge in [0.15, 0.2) is 5.82 Å². The standard InChI is InChI=1S/C13H15FN4O/c1-3-16-12-7-15-8-13(18-12)17-11-6-9(19-2)4-5-10(11)14/h4-8H,3H2,1-2H3,(H2,16,17,18). The van der Waals surface area contributed by atoms with E-state index in [4.69, 9.17) is 4.74 Å². The van der Waals surface area contributed by atoms with E-state index >= 15 is 0 Å². The van der Waals surface area contributed by atoms with Crippen LogP contribution in [0.5, 0.6) is 5.75 Å². The van der Waals surface area contributed by atoms with Crippen molar-refractivity contribution in [2.45, 2.75) is 6.92 Å². The molecule has 6 heteroatoms. The molecule has 0 saturated heterocycles. The van der Waals surface area contributed by atoms with Gasteiger partial charge in [0.1, 0.15) is 17.4 Å². The summed E-state index contributed by atoms with van der Waals surface area (Å²) in [4.78, 5) is 8.29. The summed E-state index contributed by atoms with van der Waals surface area (Å²) in [6, 6.07) is 4.46. The van der Waals surface area contributed by atoms with Gasteiger partial charge >= 0.3 is 0 Å². The van der Waals surface area contributed by atoms with Crippen molar-refractivity contribution in [3.8, 4) is 5.75 Å². The molecule has 0 saturated carbocycles. The first kappa shape index (κ1) is 13.1. The molecule has 1 heterocycles. The van der Waals surface area contributed by atoms with Crippen LogP contribution in [0.3, 0.4) is 0 Å². The number of hydrogen-bond acceptors (Lipinski definition) is 5. The van der Waals surface area contributed by atoms with Gasteiger partial charge in [-0.1, -0.05) is 0 Å². The fourth-order valence-electron chi connectivity index (χ4n) is 1.56. The molecule has 0 spiro atoms. The van der Waals surface area contributed by atoms with Crippen LogP contribution in [0.2, 0.25) is 0 Å². The molecule has 0 bridgehead atoms. The van der Waals surface area contributed by atoms with Crippen LogP contribution in [-0.2, 0) is 0 Å². The largest absolute Gasteiger partial charge is 0.497 e. The quantitative estimate of drug-likeness (QED) is 0.867. The molecule has 2 N–H and O–H groups in total. The lowest BCUT2D eigenvalue weighted by Gasteiger charge is -2.09. The number of benzene rings is 1. The Bertz CT molecular complexity index is 562. The maximum absolute atomic E-state index is 13.7. The zero-order chi connectivity index (χ0) is 13.7. The van der Waals surface area contributed by atoms with E-state index in [1.165, 1.54) is 19.4 Å². The minimum Gasteiger partial charge on any atom is -0.497 e. The van der Waals surface area contributed by atoms with Gasteiger partial charge in [0.25, 0.3) is 0 Å². The normalized spacial score (nSPS) is 10.1. The molecule has 0 atom stereocenters. The van der Waals surface area contributed by atoms with Gasteiger partial charge in [-0.05, 0) is 19.1 Å². The zero-order valence-electron chi connectivity index (χ0n) is 10.8. The predicted octanol–water partition coefficient (Wildman–Crippen LogP) is 2.80. The Balaban J connectivity index is 2.22. The zero-order valence-corrected chi connectivity index (χ0v) is 10.8. The average molecular weight is 262 g/mol. The molecular formula is C13H15FN4O. The predicted molar refractivity (Wildman–Crippen MR) is 72.4 cm³/mol. The van der Waals surface area contributed by atoms with E-state index < -0.39 is 0 Å². The number of aromatic nitrogens is 2. The Morgan fingerprint density at radius 2 is 2.05 bits per heavy atom. The van der Waals surface area contributed by atoms with E-state index in [0.717, 1.165) is 6.54 Å². The smallest absolute Gasteiger partial charge is 0.151 e. The summed E-state index contributed by atoms with van der Waals surface area (Å²) >= 11 is 0. The molecule has 2 aromatic rings. The monoisotopic (exact) mass is 262 g/mol. The highest BCUT2D eigenvalue weighted by molar-refractivity contribution is 5.59. The van der Waals surface area contributed by atoms with Crippen LogP contribution in [0.1, 0.15) is 6.92 Å². The average Bonchev–Trinajstić information content (AvgIpc) is 2.42. The lowest BCUT2D eigenvalue weighted by molar-refractivity contribution is 0.414. The summed E-state index contributed by atoms with van der Waals surface area (Å²) in [6.07, 6.45) is 3.14. The number of methoxy groups -OCH3 is 1. The van der Waals surface area contributed by atoms with Gasteiger partial charge in [-0.2, -0.15) is 0 Å². The van der Waals surface area contributed by atoms with Gasteiger partial charge in [-0.3, -0.25) is 4.98 Å². The van der Waals surface area contributed by atoms with E-state index in [0.29, 0.717) is 23.1 Å². The summed E-state index contributed by atoms with van der Waals surface area (Å²) in [7, 11) is 1.53. The van der Waals surface area contributed by atoms with E-state index in [2.05, 4.69) is 20.6 Å². The van der Waals surface area contributed by atoms with Crippen molar-refractivity contribution in [3.05, 3.63) is 36.4 Å². The highest BCUT2D eigenvalue weighted by Crippen LogP contribution is 2.24. The number of nitrogens with zero attached hydrogens (tertiary/aromatic N) is 2. The van der Waals surface area contributed by atoms with Crippen LogP contribution in [0.25, 0.3) is 0 Å². The van der Waals surface area contributed by atoms with Crippen molar-refractivity contribution in [3.63, 3.8) is 0 Å². The fourth-order valence-corrected chi connectivity index (χ4v) is 1.56. The molecule has 0 amide bonds. The van der Waals surface area contributed by atoms with Crippen LogP contribution < -0.4 is 15.4 Å². The van der Waals surface area contributed by atoms with Gasteiger partial charge < -0.3 is 15.4 Å². The number of hydrogen-bond donors (Lipinski definition) is 2. The van der Waals surface area contributed by atoms with Gasteiger partial charge in [0, 0.05) is 12.6 Å². The Hall–Kier alpha value is -2.37. The molecule has 5 nitrogen and oxygen atoms in total. The minimum absolute atomic E-state index is 0.294. The molecule has 0 fully saturated rings. The number of anilines is 3. The van der Waals surface area contributed by atoms with Crippen LogP contribution in [-0.4, -0.2) is 23.6 Å². The highest BCUT2D eigenvalue weighted by Gasteiger charge is 2.06. The summed E-state index contributed by atoms with van der Waals surface area (Å²) in [5.74, 6) is 1.29. The molecular weight excluding hydrogens is 247 g/mol. The van der Waals surface area contributed by atoms with E-state index in [9.17, 15) is 4.39 Å². The highest BCUT2D eigenvalue weighted by atomic mass is 19.1. The van der Waals surface area contributed by atoms with Gasteiger partial charge in [0.2, 0.25) is 0 Å². The van der Waals surface area contributed by atoms with Crippen molar-refractivity contribution in [2.24, 2.45) is 0 Å².